The highest BCUT2D eigenvalue weighted by Gasteiger charge is 2.25. The fourth-order valence-electron chi connectivity index (χ4n) is 3.15. The summed E-state index contributed by atoms with van der Waals surface area (Å²) >= 11 is 0. The molecule has 0 radical (unpaired) electrons. The quantitative estimate of drug-likeness (QED) is 0.286. The maximum absolute atomic E-state index is 5.39. The highest BCUT2D eigenvalue weighted by molar-refractivity contribution is 14.0. The number of guanidine groups is 1. The zero-order valence-corrected chi connectivity index (χ0v) is 17.5. The molecule has 0 saturated carbocycles. The molecule has 1 atom stereocenters. The Morgan fingerprint density at radius 2 is 2.33 bits per heavy atom. The Labute approximate surface area is 163 Å². The van der Waals surface area contributed by atoms with Crippen molar-refractivity contribution in [2.75, 3.05) is 39.9 Å². The van der Waals surface area contributed by atoms with Crippen molar-refractivity contribution >= 4 is 29.9 Å². The molecule has 1 saturated heterocycles. The lowest BCUT2D eigenvalue weighted by Crippen LogP contribution is -2.41. The number of nitrogens with zero attached hydrogens (tertiary/aromatic N) is 2. The topological polar surface area (TPSA) is 50.0 Å². The first-order valence-electron chi connectivity index (χ1n) is 8.73. The first-order chi connectivity index (χ1) is 11.2. The molecule has 1 fully saturated rings. The average Bonchev–Trinajstić information content (AvgIpc) is 3.17. The van der Waals surface area contributed by atoms with Gasteiger partial charge in [0, 0.05) is 33.2 Å². The number of aliphatic imine (C=N–C) groups is 1. The van der Waals surface area contributed by atoms with E-state index >= 15 is 0 Å². The highest BCUT2D eigenvalue weighted by atomic mass is 127. The maximum Gasteiger partial charge on any atom is 0.194 e. The molecule has 1 aliphatic rings. The summed E-state index contributed by atoms with van der Waals surface area (Å²) in [4.78, 5) is 7.10. The second-order valence-electron chi connectivity index (χ2n) is 6.68. The summed E-state index contributed by atoms with van der Waals surface area (Å²) in [5.41, 5.74) is 0. The lowest BCUT2D eigenvalue weighted by Gasteiger charge is -2.22. The van der Waals surface area contributed by atoms with E-state index in [9.17, 15) is 0 Å². The van der Waals surface area contributed by atoms with Crippen LogP contribution in [0.15, 0.2) is 27.8 Å². The fourth-order valence-corrected chi connectivity index (χ4v) is 3.15. The van der Waals surface area contributed by atoms with Gasteiger partial charge in [0.15, 0.2) is 5.96 Å². The molecular formula is C18H32IN3O2. The lowest BCUT2D eigenvalue weighted by atomic mass is 9.97. The lowest BCUT2D eigenvalue weighted by molar-refractivity contribution is 0.207. The molecule has 6 heteroatoms. The van der Waals surface area contributed by atoms with Gasteiger partial charge < -0.3 is 19.4 Å². The fraction of sp³-hybridized carbons (Fsp3) is 0.722. The van der Waals surface area contributed by atoms with Crippen LogP contribution in [0.5, 0.6) is 0 Å². The average molecular weight is 449 g/mol. The van der Waals surface area contributed by atoms with Crippen LogP contribution in [0.2, 0.25) is 0 Å². The van der Waals surface area contributed by atoms with E-state index in [4.69, 9.17) is 14.1 Å². The summed E-state index contributed by atoms with van der Waals surface area (Å²) in [5, 5.41) is 3.49. The van der Waals surface area contributed by atoms with Crippen LogP contribution in [0.4, 0.5) is 0 Å². The Balaban J connectivity index is 0.00000288. The van der Waals surface area contributed by atoms with Gasteiger partial charge >= 0.3 is 0 Å². The smallest absolute Gasteiger partial charge is 0.194 e. The molecule has 0 bridgehead atoms. The molecule has 138 valence electrons. The minimum atomic E-state index is 0. The molecule has 0 aliphatic carbocycles. The van der Waals surface area contributed by atoms with E-state index in [-0.39, 0.29) is 24.0 Å². The van der Waals surface area contributed by atoms with Crippen LogP contribution in [-0.4, -0.2) is 50.8 Å². The number of nitrogens with one attached hydrogen (secondary N) is 1. The van der Waals surface area contributed by atoms with Crippen molar-refractivity contribution in [3.63, 3.8) is 0 Å². The first kappa shape index (κ1) is 21.3. The number of likely N-dealkylation sites (tertiary alicyclic amines) is 1. The monoisotopic (exact) mass is 449 g/mol. The molecule has 5 nitrogen and oxygen atoms in total. The third kappa shape index (κ3) is 7.42. The van der Waals surface area contributed by atoms with Crippen molar-refractivity contribution in [3.05, 3.63) is 24.2 Å². The van der Waals surface area contributed by atoms with E-state index in [1.807, 2.05) is 12.1 Å². The van der Waals surface area contributed by atoms with Crippen LogP contribution < -0.4 is 5.32 Å². The van der Waals surface area contributed by atoms with Crippen LogP contribution in [0.25, 0.3) is 0 Å². The van der Waals surface area contributed by atoms with Gasteiger partial charge in [-0.1, -0.05) is 13.8 Å². The van der Waals surface area contributed by atoms with Crippen LogP contribution >= 0.6 is 24.0 Å². The number of methoxy groups -OCH3 is 1. The highest BCUT2D eigenvalue weighted by Crippen LogP contribution is 2.23. The van der Waals surface area contributed by atoms with Crippen LogP contribution in [0.1, 0.15) is 32.4 Å². The molecule has 1 aromatic heterocycles. The Bertz CT molecular complexity index is 463. The zero-order chi connectivity index (χ0) is 16.5. The van der Waals surface area contributed by atoms with E-state index in [1.54, 1.807) is 13.4 Å². The van der Waals surface area contributed by atoms with E-state index < -0.39 is 0 Å². The number of halogens is 1. The summed E-state index contributed by atoms with van der Waals surface area (Å²) in [6.07, 6.45) is 5.16. The number of hydrogen-bond donors (Lipinski definition) is 1. The van der Waals surface area contributed by atoms with Gasteiger partial charge in [-0.25, -0.2) is 0 Å². The van der Waals surface area contributed by atoms with Crippen molar-refractivity contribution in [2.24, 2.45) is 16.8 Å². The van der Waals surface area contributed by atoms with Gasteiger partial charge in [0.05, 0.1) is 19.4 Å². The van der Waals surface area contributed by atoms with Crippen molar-refractivity contribution in [2.45, 2.75) is 33.1 Å². The molecule has 2 rings (SSSR count). The molecule has 0 spiro atoms. The Kier molecular flexibility index (Phi) is 10.4. The van der Waals surface area contributed by atoms with E-state index in [2.05, 4.69) is 24.1 Å². The minimum absolute atomic E-state index is 0. The zero-order valence-electron chi connectivity index (χ0n) is 15.2. The largest absolute Gasteiger partial charge is 0.469 e. The summed E-state index contributed by atoms with van der Waals surface area (Å²) in [6, 6.07) is 3.94. The minimum Gasteiger partial charge on any atom is -0.469 e. The predicted octanol–water partition coefficient (Wildman–Crippen LogP) is 3.40. The molecule has 2 heterocycles. The van der Waals surface area contributed by atoms with Gasteiger partial charge in [-0.15, -0.1) is 24.0 Å². The second-order valence-corrected chi connectivity index (χ2v) is 6.68. The number of rotatable bonds is 8. The van der Waals surface area contributed by atoms with Gasteiger partial charge in [-0.3, -0.25) is 4.99 Å². The molecule has 1 N–H and O–H groups in total. The number of ether oxygens (including phenoxy) is 1. The van der Waals surface area contributed by atoms with Gasteiger partial charge in [-0.05, 0) is 36.8 Å². The summed E-state index contributed by atoms with van der Waals surface area (Å²) in [7, 11) is 1.72. The van der Waals surface area contributed by atoms with E-state index in [1.165, 1.54) is 12.8 Å². The Morgan fingerprint density at radius 1 is 1.50 bits per heavy atom. The summed E-state index contributed by atoms with van der Waals surface area (Å²) in [5.74, 6) is 3.57. The van der Waals surface area contributed by atoms with E-state index in [0.717, 1.165) is 49.6 Å². The van der Waals surface area contributed by atoms with Gasteiger partial charge in [0.2, 0.25) is 0 Å². The first-order valence-corrected chi connectivity index (χ1v) is 8.73. The predicted molar refractivity (Wildman–Crippen MR) is 109 cm³/mol. The number of hydrogen-bond acceptors (Lipinski definition) is 3. The van der Waals surface area contributed by atoms with Crippen molar-refractivity contribution in [1.82, 2.24) is 10.2 Å². The number of furan rings is 1. The van der Waals surface area contributed by atoms with Gasteiger partial charge in [0.25, 0.3) is 0 Å². The van der Waals surface area contributed by atoms with Crippen LogP contribution in [0, 0.1) is 11.8 Å². The van der Waals surface area contributed by atoms with Gasteiger partial charge in [0.1, 0.15) is 5.76 Å². The molecule has 0 aromatic carbocycles. The van der Waals surface area contributed by atoms with Crippen LogP contribution in [-0.2, 0) is 11.2 Å². The third-order valence-corrected chi connectivity index (χ3v) is 4.18. The SMILES string of the molecule is COCCN=C(NCCc1ccco1)N1CCC(CC(C)C)C1.I. The Morgan fingerprint density at radius 3 is 3.00 bits per heavy atom. The molecule has 1 aromatic rings. The molecule has 24 heavy (non-hydrogen) atoms. The third-order valence-electron chi connectivity index (χ3n) is 4.18. The maximum atomic E-state index is 5.39. The second kappa shape index (κ2) is 11.7. The van der Waals surface area contributed by atoms with Crippen molar-refractivity contribution in [1.29, 1.82) is 0 Å². The van der Waals surface area contributed by atoms with E-state index in [0.29, 0.717) is 13.2 Å². The van der Waals surface area contributed by atoms with Crippen molar-refractivity contribution < 1.29 is 9.15 Å². The molecule has 1 unspecified atom stereocenters. The van der Waals surface area contributed by atoms with Crippen LogP contribution in [0.3, 0.4) is 0 Å². The standard InChI is InChI=1S/C18H31N3O2.HI/c1-15(2)13-16-7-10-21(14-16)18(20-9-12-22-3)19-8-6-17-5-4-11-23-17;/h4-5,11,15-16H,6-10,12-14H2,1-3H3,(H,19,20);1H. The van der Waals surface area contributed by atoms with Crippen molar-refractivity contribution in [3.8, 4) is 0 Å². The van der Waals surface area contributed by atoms with Gasteiger partial charge in [-0.2, -0.15) is 0 Å². The summed E-state index contributed by atoms with van der Waals surface area (Å²) in [6.45, 7) is 9.01. The molecular weight excluding hydrogens is 417 g/mol. The molecule has 1 aliphatic heterocycles. The normalized spacial score (nSPS) is 18.1. The summed E-state index contributed by atoms with van der Waals surface area (Å²) < 4.78 is 10.5. The molecule has 0 amide bonds. The Hall–Kier alpha value is -0.760.